The van der Waals surface area contributed by atoms with E-state index in [-0.39, 0.29) is 23.4 Å². The van der Waals surface area contributed by atoms with Gasteiger partial charge >= 0.3 is 6.03 Å². The molecule has 1 aliphatic heterocycles. The van der Waals surface area contributed by atoms with E-state index in [0.717, 1.165) is 12.8 Å². The van der Waals surface area contributed by atoms with E-state index in [1.807, 2.05) is 23.1 Å². The number of benzene rings is 2. The van der Waals surface area contributed by atoms with Crippen LogP contribution in [-0.4, -0.2) is 60.5 Å². The van der Waals surface area contributed by atoms with Gasteiger partial charge < -0.3 is 20.3 Å². The van der Waals surface area contributed by atoms with Crippen molar-refractivity contribution in [2.75, 3.05) is 38.0 Å². The Labute approximate surface area is 174 Å². The standard InChI is InChI=1S/C22H25FN4O3/c23-18-7-4-8-19(30-17-5-2-1-3-6-17)21(18)25-22(29)27-13-11-26(12-14-27)15-20(28)24-16-9-10-16/h1-8,16H,9-15H2,(H,24,28)(H,25,29). The smallest absolute Gasteiger partial charge is 0.322 e. The van der Waals surface area contributed by atoms with E-state index in [0.29, 0.717) is 44.5 Å². The van der Waals surface area contributed by atoms with Crippen LogP contribution >= 0.6 is 0 Å². The molecule has 1 saturated carbocycles. The molecule has 7 nitrogen and oxygen atoms in total. The van der Waals surface area contributed by atoms with E-state index < -0.39 is 5.82 Å². The van der Waals surface area contributed by atoms with Crippen molar-refractivity contribution < 1.29 is 18.7 Å². The SMILES string of the molecule is O=C(CN1CCN(C(=O)Nc2c(F)cccc2Oc2ccccc2)CC1)NC1CC1. The van der Waals surface area contributed by atoms with Gasteiger partial charge in [0.2, 0.25) is 5.91 Å². The maximum Gasteiger partial charge on any atom is 0.322 e. The molecule has 1 saturated heterocycles. The lowest BCUT2D eigenvalue weighted by Gasteiger charge is -2.34. The number of urea groups is 1. The third-order valence-corrected chi connectivity index (χ3v) is 5.15. The topological polar surface area (TPSA) is 73.9 Å². The number of nitrogens with one attached hydrogen (secondary N) is 2. The van der Waals surface area contributed by atoms with Gasteiger partial charge in [0.1, 0.15) is 11.4 Å². The summed E-state index contributed by atoms with van der Waals surface area (Å²) in [5, 5.41) is 5.62. The van der Waals surface area contributed by atoms with Crippen molar-refractivity contribution in [3.05, 3.63) is 54.3 Å². The molecule has 30 heavy (non-hydrogen) atoms. The summed E-state index contributed by atoms with van der Waals surface area (Å²) < 4.78 is 20.2. The number of ether oxygens (including phenoxy) is 1. The summed E-state index contributed by atoms with van der Waals surface area (Å²) in [7, 11) is 0. The molecular weight excluding hydrogens is 387 g/mol. The quantitative estimate of drug-likeness (QED) is 0.765. The molecule has 2 aromatic carbocycles. The molecule has 0 atom stereocenters. The molecule has 0 radical (unpaired) electrons. The maximum absolute atomic E-state index is 14.4. The van der Waals surface area contributed by atoms with Gasteiger partial charge in [-0.2, -0.15) is 0 Å². The third kappa shape index (κ3) is 5.27. The Bertz CT molecular complexity index is 897. The number of hydrogen-bond donors (Lipinski definition) is 2. The lowest BCUT2D eigenvalue weighted by atomic mass is 10.2. The van der Waals surface area contributed by atoms with Crippen molar-refractivity contribution in [3.63, 3.8) is 0 Å². The van der Waals surface area contributed by atoms with Crippen molar-refractivity contribution >= 4 is 17.6 Å². The number of para-hydroxylation sites is 2. The lowest BCUT2D eigenvalue weighted by Crippen LogP contribution is -2.52. The molecule has 3 amide bonds. The van der Waals surface area contributed by atoms with Crippen LogP contribution in [0.25, 0.3) is 0 Å². The lowest BCUT2D eigenvalue weighted by molar-refractivity contribution is -0.122. The zero-order valence-corrected chi connectivity index (χ0v) is 16.6. The van der Waals surface area contributed by atoms with Gasteiger partial charge in [-0.3, -0.25) is 9.69 Å². The monoisotopic (exact) mass is 412 g/mol. The molecule has 8 heteroatoms. The van der Waals surface area contributed by atoms with Gasteiger partial charge in [-0.25, -0.2) is 9.18 Å². The Kier molecular flexibility index (Phi) is 6.13. The first kappa shape index (κ1) is 20.2. The Morgan fingerprint density at radius 1 is 1.00 bits per heavy atom. The average Bonchev–Trinajstić information content (AvgIpc) is 3.55. The van der Waals surface area contributed by atoms with Gasteiger partial charge in [0.05, 0.1) is 6.54 Å². The molecular formula is C22H25FN4O3. The molecule has 2 aromatic rings. The minimum atomic E-state index is -0.563. The van der Waals surface area contributed by atoms with Crippen molar-refractivity contribution in [1.82, 2.24) is 15.1 Å². The summed E-state index contributed by atoms with van der Waals surface area (Å²) in [5.41, 5.74) is 0.0117. The predicted molar refractivity (Wildman–Crippen MR) is 111 cm³/mol. The van der Waals surface area contributed by atoms with Gasteiger partial charge in [-0.1, -0.05) is 24.3 Å². The molecule has 2 N–H and O–H groups in total. The van der Waals surface area contributed by atoms with E-state index in [4.69, 9.17) is 4.74 Å². The zero-order valence-electron chi connectivity index (χ0n) is 16.6. The molecule has 4 rings (SSSR count). The summed E-state index contributed by atoms with van der Waals surface area (Å²) in [4.78, 5) is 28.3. The largest absolute Gasteiger partial charge is 0.455 e. The van der Waals surface area contributed by atoms with Gasteiger partial charge in [0, 0.05) is 32.2 Å². The van der Waals surface area contributed by atoms with Crippen LogP contribution in [0.4, 0.5) is 14.9 Å². The number of halogens is 1. The minimum absolute atomic E-state index is 0.0117. The van der Waals surface area contributed by atoms with Crippen LogP contribution < -0.4 is 15.4 Å². The molecule has 2 aliphatic rings. The summed E-state index contributed by atoms with van der Waals surface area (Å²) in [6.45, 7) is 2.46. The number of nitrogens with zero attached hydrogens (tertiary/aromatic N) is 2. The van der Waals surface area contributed by atoms with Crippen molar-refractivity contribution in [2.45, 2.75) is 18.9 Å². The summed E-state index contributed by atoms with van der Waals surface area (Å²) in [6, 6.07) is 13.4. The van der Waals surface area contributed by atoms with Crippen molar-refractivity contribution in [2.24, 2.45) is 0 Å². The van der Waals surface area contributed by atoms with E-state index in [9.17, 15) is 14.0 Å². The predicted octanol–water partition coefficient (Wildman–Crippen LogP) is 3.05. The van der Waals surface area contributed by atoms with Crippen molar-refractivity contribution in [3.8, 4) is 11.5 Å². The first-order valence-corrected chi connectivity index (χ1v) is 10.2. The molecule has 0 bridgehead atoms. The minimum Gasteiger partial charge on any atom is -0.455 e. The molecule has 158 valence electrons. The second-order valence-corrected chi connectivity index (χ2v) is 7.56. The van der Waals surface area contributed by atoms with Gasteiger partial charge in [0.25, 0.3) is 0 Å². The van der Waals surface area contributed by atoms with Crippen LogP contribution in [0, 0.1) is 5.82 Å². The highest BCUT2D eigenvalue weighted by Gasteiger charge is 2.27. The summed E-state index contributed by atoms with van der Waals surface area (Å²) in [6.07, 6.45) is 2.12. The second-order valence-electron chi connectivity index (χ2n) is 7.56. The van der Waals surface area contributed by atoms with E-state index in [1.165, 1.54) is 12.1 Å². The summed E-state index contributed by atoms with van der Waals surface area (Å²) >= 11 is 0. The number of carbonyl (C=O) groups is 2. The number of anilines is 1. The Balaban J connectivity index is 1.33. The summed E-state index contributed by atoms with van der Waals surface area (Å²) in [5.74, 6) is 0.262. The molecule has 1 heterocycles. The number of amides is 3. The Morgan fingerprint density at radius 3 is 2.43 bits per heavy atom. The average molecular weight is 412 g/mol. The Hall–Kier alpha value is -3.13. The van der Waals surface area contributed by atoms with Crippen LogP contribution in [0.1, 0.15) is 12.8 Å². The van der Waals surface area contributed by atoms with Gasteiger partial charge in [-0.15, -0.1) is 0 Å². The number of hydrogen-bond acceptors (Lipinski definition) is 4. The van der Waals surface area contributed by atoms with Crippen LogP contribution in [0.15, 0.2) is 48.5 Å². The highest BCUT2D eigenvalue weighted by Crippen LogP contribution is 2.32. The maximum atomic E-state index is 14.4. The molecule has 0 unspecified atom stereocenters. The molecule has 1 aliphatic carbocycles. The molecule has 0 spiro atoms. The highest BCUT2D eigenvalue weighted by atomic mass is 19.1. The van der Waals surface area contributed by atoms with Crippen LogP contribution in [-0.2, 0) is 4.79 Å². The van der Waals surface area contributed by atoms with E-state index >= 15 is 0 Å². The van der Waals surface area contributed by atoms with Crippen molar-refractivity contribution in [1.29, 1.82) is 0 Å². The fraction of sp³-hybridized carbons (Fsp3) is 0.364. The normalized spacial score (nSPS) is 16.8. The third-order valence-electron chi connectivity index (χ3n) is 5.15. The van der Waals surface area contributed by atoms with Gasteiger partial charge in [0.15, 0.2) is 11.6 Å². The number of carbonyl (C=O) groups excluding carboxylic acids is 2. The molecule has 2 fully saturated rings. The first-order valence-electron chi connectivity index (χ1n) is 10.2. The fourth-order valence-corrected chi connectivity index (χ4v) is 3.33. The van der Waals surface area contributed by atoms with Crippen LogP contribution in [0.3, 0.4) is 0 Å². The first-order chi connectivity index (χ1) is 14.6. The Morgan fingerprint density at radius 2 is 1.73 bits per heavy atom. The van der Waals surface area contributed by atoms with Gasteiger partial charge in [-0.05, 0) is 37.1 Å². The fourth-order valence-electron chi connectivity index (χ4n) is 3.33. The second kappa shape index (κ2) is 9.13. The van der Waals surface area contributed by atoms with E-state index in [2.05, 4.69) is 10.6 Å². The number of rotatable bonds is 6. The van der Waals surface area contributed by atoms with Crippen LogP contribution in [0.5, 0.6) is 11.5 Å². The van der Waals surface area contributed by atoms with Crippen LogP contribution in [0.2, 0.25) is 0 Å². The number of piperazine rings is 1. The van der Waals surface area contributed by atoms with E-state index in [1.54, 1.807) is 23.1 Å². The highest BCUT2D eigenvalue weighted by molar-refractivity contribution is 5.91. The zero-order chi connectivity index (χ0) is 20.9. The molecule has 0 aromatic heterocycles.